The third kappa shape index (κ3) is 3.66. The fraction of sp³-hybridized carbons (Fsp3) is 0.211. The molecule has 0 atom stereocenters. The minimum absolute atomic E-state index is 0.0170. The number of hydrogen-bond acceptors (Lipinski definition) is 4. The van der Waals surface area contributed by atoms with Crippen molar-refractivity contribution in [3.05, 3.63) is 64.5 Å². The Morgan fingerprint density at radius 1 is 1.04 bits per heavy atom. The zero-order valence-corrected chi connectivity index (χ0v) is 15.5. The molecule has 0 radical (unpaired) electrons. The number of cyclic esters (lactones) is 1. The molecule has 1 aliphatic heterocycles. The first kappa shape index (κ1) is 20.1. The van der Waals surface area contributed by atoms with Crippen LogP contribution in [0, 0.1) is 12.7 Å². The highest BCUT2D eigenvalue weighted by Gasteiger charge is 2.34. The molecule has 9 heteroatoms. The number of carbonyl (C=O) groups is 1. The van der Waals surface area contributed by atoms with Gasteiger partial charge in [0.25, 0.3) is 0 Å². The van der Waals surface area contributed by atoms with Gasteiger partial charge in [0.2, 0.25) is 0 Å². The molecule has 0 fully saturated rings. The molecule has 1 heterocycles. The molecular formula is C19H14F4O4S. The molecule has 0 spiro atoms. The molecule has 0 amide bonds. The molecule has 0 bridgehead atoms. The number of carbonyl (C=O) groups excluding carboxylic acids is 1. The first-order valence-corrected chi connectivity index (χ1v) is 9.87. The van der Waals surface area contributed by atoms with E-state index in [-0.39, 0.29) is 34.4 Å². The maximum atomic E-state index is 14.2. The van der Waals surface area contributed by atoms with Gasteiger partial charge in [-0.2, -0.15) is 13.2 Å². The van der Waals surface area contributed by atoms with Gasteiger partial charge in [-0.15, -0.1) is 0 Å². The van der Waals surface area contributed by atoms with Crippen molar-refractivity contribution < 1.29 is 35.5 Å². The van der Waals surface area contributed by atoms with E-state index in [4.69, 9.17) is 4.74 Å². The van der Waals surface area contributed by atoms with Gasteiger partial charge in [0.05, 0.1) is 11.1 Å². The van der Waals surface area contributed by atoms with Crippen molar-refractivity contribution in [3.8, 4) is 0 Å². The molecule has 0 saturated carbocycles. The van der Waals surface area contributed by atoms with E-state index in [2.05, 4.69) is 0 Å². The van der Waals surface area contributed by atoms with Crippen molar-refractivity contribution in [1.29, 1.82) is 0 Å². The number of ether oxygens (including phenoxy) is 1. The van der Waals surface area contributed by atoms with Crippen molar-refractivity contribution in [2.45, 2.75) is 18.0 Å². The predicted molar refractivity (Wildman–Crippen MR) is 93.5 cm³/mol. The molecule has 1 aliphatic rings. The molecule has 28 heavy (non-hydrogen) atoms. The summed E-state index contributed by atoms with van der Waals surface area (Å²) < 4.78 is 81.2. The summed E-state index contributed by atoms with van der Waals surface area (Å²) in [5.41, 5.74) is -0.200. The SMILES string of the molecule is Cc1cc(C2=C(c3ccc(S(C)(=O)=O)c(F)c3)COC2=O)ccc1C(F)(F)F. The smallest absolute Gasteiger partial charge is 0.416 e. The lowest BCUT2D eigenvalue weighted by atomic mass is 9.94. The largest absolute Gasteiger partial charge is 0.457 e. The Labute approximate surface area is 158 Å². The zero-order valence-electron chi connectivity index (χ0n) is 14.7. The number of alkyl halides is 3. The highest BCUT2D eigenvalue weighted by atomic mass is 32.2. The van der Waals surface area contributed by atoms with Gasteiger partial charge in [0.1, 0.15) is 17.3 Å². The fourth-order valence-electron chi connectivity index (χ4n) is 3.05. The Hall–Kier alpha value is -2.68. The van der Waals surface area contributed by atoms with Gasteiger partial charge in [0.15, 0.2) is 9.84 Å². The third-order valence-corrected chi connectivity index (χ3v) is 5.48. The van der Waals surface area contributed by atoms with Gasteiger partial charge in [-0.05, 0) is 41.8 Å². The lowest BCUT2D eigenvalue weighted by Gasteiger charge is -2.12. The summed E-state index contributed by atoms with van der Waals surface area (Å²) in [5, 5.41) is 0. The average Bonchev–Trinajstić information content (AvgIpc) is 2.93. The molecular weight excluding hydrogens is 400 g/mol. The van der Waals surface area contributed by atoms with Crippen molar-refractivity contribution in [2.75, 3.05) is 12.9 Å². The van der Waals surface area contributed by atoms with Gasteiger partial charge in [-0.25, -0.2) is 17.6 Å². The van der Waals surface area contributed by atoms with Crippen LogP contribution in [0.4, 0.5) is 17.6 Å². The predicted octanol–water partition coefficient (Wildman–Crippen LogP) is 4.02. The van der Waals surface area contributed by atoms with Crippen LogP contribution in [0.1, 0.15) is 22.3 Å². The number of sulfone groups is 1. The molecule has 2 aromatic rings. The summed E-state index contributed by atoms with van der Waals surface area (Å²) >= 11 is 0. The highest BCUT2D eigenvalue weighted by molar-refractivity contribution is 7.90. The zero-order chi connectivity index (χ0) is 20.9. The van der Waals surface area contributed by atoms with Crippen LogP contribution >= 0.6 is 0 Å². The molecule has 0 saturated heterocycles. The number of esters is 1. The van der Waals surface area contributed by atoms with Gasteiger partial charge in [-0.3, -0.25) is 0 Å². The van der Waals surface area contributed by atoms with Crippen LogP contribution in [-0.2, 0) is 25.5 Å². The number of rotatable bonds is 3. The summed E-state index contributed by atoms with van der Waals surface area (Å²) in [6.07, 6.45) is -3.66. The molecule has 0 aliphatic carbocycles. The van der Waals surface area contributed by atoms with E-state index in [1.807, 2.05) is 0 Å². The monoisotopic (exact) mass is 414 g/mol. The second-order valence-corrected chi connectivity index (χ2v) is 8.36. The maximum Gasteiger partial charge on any atom is 0.416 e. The standard InChI is InChI=1S/C19H14F4O4S/c1-10-7-12(3-5-14(10)19(21,22)23)17-13(9-27-18(17)24)11-4-6-16(15(20)8-11)28(2,25)26/h3-8H,9H2,1-2H3. The third-order valence-electron chi connectivity index (χ3n) is 4.35. The Balaban J connectivity index is 2.14. The minimum atomic E-state index is -4.53. The average molecular weight is 414 g/mol. The quantitative estimate of drug-likeness (QED) is 0.562. The van der Waals surface area contributed by atoms with Crippen molar-refractivity contribution in [2.24, 2.45) is 0 Å². The summed E-state index contributed by atoms with van der Waals surface area (Å²) in [5.74, 6) is -1.74. The van der Waals surface area contributed by atoms with Gasteiger partial charge in [-0.1, -0.05) is 18.2 Å². The first-order chi connectivity index (χ1) is 12.9. The second-order valence-electron chi connectivity index (χ2n) is 6.37. The van der Waals surface area contributed by atoms with E-state index in [0.717, 1.165) is 30.5 Å². The number of hydrogen-bond donors (Lipinski definition) is 0. The van der Waals surface area contributed by atoms with Crippen LogP contribution in [0.15, 0.2) is 41.3 Å². The van der Waals surface area contributed by atoms with E-state index in [0.29, 0.717) is 0 Å². The number of aryl methyl sites for hydroxylation is 1. The van der Waals surface area contributed by atoms with Gasteiger partial charge < -0.3 is 4.74 Å². The summed E-state index contributed by atoms with van der Waals surface area (Å²) in [7, 11) is -3.77. The molecule has 0 N–H and O–H groups in total. The number of benzene rings is 2. The molecule has 2 aromatic carbocycles. The van der Waals surface area contributed by atoms with Crippen LogP contribution in [0.5, 0.6) is 0 Å². The molecule has 0 aromatic heterocycles. The highest BCUT2D eigenvalue weighted by Crippen LogP contribution is 2.37. The summed E-state index contributed by atoms with van der Waals surface area (Å²) in [6.45, 7) is 1.07. The van der Waals surface area contributed by atoms with Crippen molar-refractivity contribution in [3.63, 3.8) is 0 Å². The van der Waals surface area contributed by atoms with E-state index in [1.165, 1.54) is 19.1 Å². The normalized spacial score (nSPS) is 15.1. The number of halogens is 4. The Morgan fingerprint density at radius 3 is 2.21 bits per heavy atom. The van der Waals surface area contributed by atoms with Crippen LogP contribution < -0.4 is 0 Å². The van der Waals surface area contributed by atoms with Crippen LogP contribution in [0.3, 0.4) is 0 Å². The lowest BCUT2D eigenvalue weighted by molar-refractivity contribution is -0.138. The van der Waals surface area contributed by atoms with Gasteiger partial charge in [0, 0.05) is 11.8 Å². The van der Waals surface area contributed by atoms with Crippen molar-refractivity contribution >= 4 is 27.0 Å². The van der Waals surface area contributed by atoms with Gasteiger partial charge >= 0.3 is 12.1 Å². The van der Waals surface area contributed by atoms with Crippen LogP contribution in [0.2, 0.25) is 0 Å². The molecule has 0 unspecified atom stereocenters. The lowest BCUT2D eigenvalue weighted by Crippen LogP contribution is -2.08. The van der Waals surface area contributed by atoms with E-state index >= 15 is 0 Å². The van der Waals surface area contributed by atoms with Crippen molar-refractivity contribution in [1.82, 2.24) is 0 Å². The Kier molecular flexibility index (Phi) is 4.82. The summed E-state index contributed by atoms with van der Waals surface area (Å²) in [4.78, 5) is 11.7. The first-order valence-electron chi connectivity index (χ1n) is 7.98. The second kappa shape index (κ2) is 6.73. The minimum Gasteiger partial charge on any atom is -0.457 e. The van der Waals surface area contributed by atoms with Crippen LogP contribution in [0.25, 0.3) is 11.1 Å². The summed E-state index contributed by atoms with van der Waals surface area (Å²) in [6, 6.07) is 6.60. The van der Waals surface area contributed by atoms with E-state index in [9.17, 15) is 30.8 Å². The fourth-order valence-corrected chi connectivity index (χ4v) is 3.78. The molecule has 4 nitrogen and oxygen atoms in total. The molecule has 148 valence electrons. The molecule has 3 rings (SSSR count). The van der Waals surface area contributed by atoms with E-state index < -0.39 is 38.3 Å². The Bertz CT molecular complexity index is 1120. The topological polar surface area (TPSA) is 60.4 Å². The Morgan fingerprint density at radius 2 is 1.68 bits per heavy atom. The van der Waals surface area contributed by atoms with Crippen LogP contribution in [-0.4, -0.2) is 27.2 Å². The van der Waals surface area contributed by atoms with E-state index in [1.54, 1.807) is 0 Å². The maximum absolute atomic E-state index is 14.2.